The van der Waals surface area contributed by atoms with Crippen molar-refractivity contribution >= 4 is 0 Å². The van der Waals surface area contributed by atoms with Crippen LogP contribution in [0.3, 0.4) is 0 Å². The lowest BCUT2D eigenvalue weighted by molar-refractivity contribution is 0.738. The van der Waals surface area contributed by atoms with Gasteiger partial charge in [-0.15, -0.1) is 0 Å². The molecule has 0 heterocycles. The molecule has 0 fully saturated rings. The summed E-state index contributed by atoms with van der Waals surface area (Å²) >= 11 is 0. The predicted octanol–water partition coefficient (Wildman–Crippen LogP) is -0.175. The summed E-state index contributed by atoms with van der Waals surface area (Å²) in [6, 6.07) is 0. The summed E-state index contributed by atoms with van der Waals surface area (Å²) in [5.41, 5.74) is 7.39. The molecule has 0 aromatic heterocycles. The molecule has 3 heteroatoms. The average molecular weight is 119 g/mol. The van der Waals surface area contributed by atoms with E-state index >= 15 is 0 Å². The van der Waals surface area contributed by atoms with Crippen LogP contribution in [0.25, 0.3) is 0 Å². The Morgan fingerprint density at radius 3 is 1.75 bits per heavy atom. The molecule has 0 saturated heterocycles. The first kappa shape index (κ1) is 10.8. The number of hydrazine groups is 1. The zero-order valence-electron chi connectivity index (χ0n) is 5.78. The van der Waals surface area contributed by atoms with Gasteiger partial charge in [-0.2, -0.15) is 0 Å². The second-order valence-corrected chi connectivity index (χ2v) is 1.45. The van der Waals surface area contributed by atoms with Crippen molar-refractivity contribution in [3.8, 4) is 0 Å². The lowest BCUT2D eigenvalue weighted by Gasteiger charge is -1.85. The van der Waals surface area contributed by atoms with Gasteiger partial charge in [0.25, 0.3) is 0 Å². The summed E-state index contributed by atoms with van der Waals surface area (Å²) in [5.74, 6) is 4.81. The molecule has 8 heavy (non-hydrogen) atoms. The molecule has 0 saturated carbocycles. The zero-order valence-corrected chi connectivity index (χ0v) is 5.78. The quantitative estimate of drug-likeness (QED) is 0.349. The molecule has 0 aliphatic rings. The van der Waals surface area contributed by atoms with Crippen LogP contribution in [0.2, 0.25) is 0 Å². The normalized spacial score (nSPS) is 7.50. The van der Waals surface area contributed by atoms with Crippen molar-refractivity contribution in [2.45, 2.75) is 20.3 Å². The van der Waals surface area contributed by atoms with Gasteiger partial charge in [-0.1, -0.05) is 20.3 Å². The van der Waals surface area contributed by atoms with E-state index in [1.807, 2.05) is 0 Å². The molecule has 0 aliphatic carbocycles. The minimum Gasteiger partial charge on any atom is -0.329 e. The lowest BCUT2D eigenvalue weighted by atomic mass is 10.6. The van der Waals surface area contributed by atoms with Crippen LogP contribution in [-0.2, 0) is 0 Å². The van der Waals surface area contributed by atoms with Crippen molar-refractivity contribution in [3.63, 3.8) is 0 Å². The highest BCUT2D eigenvalue weighted by molar-refractivity contribution is 4.31. The fraction of sp³-hybridized carbons (Fsp3) is 1.00. The number of hydrogen-bond donors (Lipinski definition) is 3. The summed E-state index contributed by atoms with van der Waals surface area (Å²) < 4.78 is 0. The summed E-state index contributed by atoms with van der Waals surface area (Å²) in [4.78, 5) is 0. The molecule has 52 valence electrons. The van der Waals surface area contributed by atoms with E-state index in [2.05, 4.69) is 19.3 Å². The van der Waals surface area contributed by atoms with Crippen LogP contribution in [0.1, 0.15) is 20.3 Å². The van der Waals surface area contributed by atoms with Gasteiger partial charge < -0.3 is 5.73 Å². The molecule has 0 unspecified atom stereocenters. The Balaban J connectivity index is 0. The molecule has 3 nitrogen and oxygen atoms in total. The standard InChI is InChI=1S/C3H8.C2H9N3/c1-3-2;3-1-2-5-4/h3H2,1-2H3;5H,1-4H2. The van der Waals surface area contributed by atoms with Crippen molar-refractivity contribution in [3.05, 3.63) is 0 Å². The van der Waals surface area contributed by atoms with E-state index in [1.165, 1.54) is 6.42 Å². The average Bonchev–Trinajstić information content (AvgIpc) is 1.71. The first-order valence-electron chi connectivity index (χ1n) is 2.96. The highest BCUT2D eigenvalue weighted by Crippen LogP contribution is 1.56. The third-order valence-corrected chi connectivity index (χ3v) is 0.289. The van der Waals surface area contributed by atoms with E-state index in [9.17, 15) is 0 Å². The molecule has 0 rings (SSSR count). The Labute approximate surface area is 51.4 Å². The van der Waals surface area contributed by atoms with Crippen molar-refractivity contribution in [2.24, 2.45) is 11.6 Å². The van der Waals surface area contributed by atoms with Gasteiger partial charge in [-0.05, 0) is 0 Å². The van der Waals surface area contributed by atoms with Gasteiger partial charge in [-0.25, -0.2) is 0 Å². The van der Waals surface area contributed by atoms with E-state index in [-0.39, 0.29) is 0 Å². The molecule has 0 aliphatic heterocycles. The van der Waals surface area contributed by atoms with Crippen LogP contribution in [0.5, 0.6) is 0 Å². The minimum atomic E-state index is 0.608. The Kier molecular flexibility index (Phi) is 21.3. The number of nitrogens with two attached hydrogens (primary N) is 2. The Morgan fingerprint density at radius 2 is 1.75 bits per heavy atom. The van der Waals surface area contributed by atoms with E-state index in [0.29, 0.717) is 13.1 Å². The summed E-state index contributed by atoms with van der Waals surface area (Å²) in [7, 11) is 0. The van der Waals surface area contributed by atoms with Crippen LogP contribution < -0.4 is 17.0 Å². The molecule has 0 bridgehead atoms. The summed E-state index contributed by atoms with van der Waals surface area (Å²) in [6.45, 7) is 5.55. The van der Waals surface area contributed by atoms with Crippen molar-refractivity contribution in [1.82, 2.24) is 5.43 Å². The number of rotatable bonds is 2. The maximum absolute atomic E-state index is 5.00. The molecule has 0 atom stereocenters. The van der Waals surface area contributed by atoms with Gasteiger partial charge >= 0.3 is 0 Å². The Hall–Kier alpha value is -0.120. The van der Waals surface area contributed by atoms with E-state index in [1.54, 1.807) is 0 Å². The lowest BCUT2D eigenvalue weighted by Crippen LogP contribution is -2.28. The molecule has 0 spiro atoms. The van der Waals surface area contributed by atoms with Crippen LogP contribution in [0.4, 0.5) is 0 Å². The highest BCUT2D eigenvalue weighted by Gasteiger charge is 1.64. The Bertz CT molecular complexity index is 21.6. The molecule has 0 aromatic rings. The van der Waals surface area contributed by atoms with Gasteiger partial charge in [0.05, 0.1) is 0 Å². The van der Waals surface area contributed by atoms with Crippen LogP contribution in [-0.4, -0.2) is 13.1 Å². The number of hydrogen-bond acceptors (Lipinski definition) is 3. The van der Waals surface area contributed by atoms with Crippen molar-refractivity contribution < 1.29 is 0 Å². The molecule has 0 radical (unpaired) electrons. The molecular weight excluding hydrogens is 102 g/mol. The van der Waals surface area contributed by atoms with Crippen LogP contribution in [0.15, 0.2) is 0 Å². The number of nitrogens with one attached hydrogen (secondary N) is 1. The first-order chi connectivity index (χ1) is 3.83. The monoisotopic (exact) mass is 119 g/mol. The fourth-order valence-electron chi connectivity index (χ4n) is 0.0833. The topological polar surface area (TPSA) is 64.1 Å². The maximum atomic E-state index is 5.00. The van der Waals surface area contributed by atoms with Crippen LogP contribution in [0, 0.1) is 0 Å². The third kappa shape index (κ3) is 39.6. The third-order valence-electron chi connectivity index (χ3n) is 0.289. The van der Waals surface area contributed by atoms with E-state index in [4.69, 9.17) is 11.6 Å². The first-order valence-corrected chi connectivity index (χ1v) is 2.96. The SMILES string of the molecule is CCC.NCCNN. The van der Waals surface area contributed by atoms with Crippen molar-refractivity contribution in [1.29, 1.82) is 0 Å². The highest BCUT2D eigenvalue weighted by atomic mass is 15.2. The zero-order chi connectivity index (χ0) is 6.83. The van der Waals surface area contributed by atoms with Crippen molar-refractivity contribution in [2.75, 3.05) is 13.1 Å². The van der Waals surface area contributed by atoms with E-state index in [0.717, 1.165) is 0 Å². The van der Waals surface area contributed by atoms with Gasteiger partial charge in [0.2, 0.25) is 0 Å². The second-order valence-electron chi connectivity index (χ2n) is 1.45. The van der Waals surface area contributed by atoms with Gasteiger partial charge in [0, 0.05) is 13.1 Å². The van der Waals surface area contributed by atoms with Gasteiger partial charge in [0.1, 0.15) is 0 Å². The predicted molar refractivity (Wildman–Crippen MR) is 37.2 cm³/mol. The van der Waals surface area contributed by atoms with E-state index < -0.39 is 0 Å². The Morgan fingerprint density at radius 1 is 1.38 bits per heavy atom. The van der Waals surface area contributed by atoms with Crippen LogP contribution >= 0.6 is 0 Å². The van der Waals surface area contributed by atoms with Gasteiger partial charge in [0.15, 0.2) is 0 Å². The van der Waals surface area contributed by atoms with Gasteiger partial charge in [-0.3, -0.25) is 11.3 Å². The summed E-state index contributed by atoms with van der Waals surface area (Å²) in [6.07, 6.45) is 1.25. The fourth-order valence-corrected chi connectivity index (χ4v) is 0.0833. The maximum Gasteiger partial charge on any atom is 0.0220 e. The molecule has 0 amide bonds. The smallest absolute Gasteiger partial charge is 0.0220 e. The largest absolute Gasteiger partial charge is 0.329 e. The minimum absolute atomic E-state index is 0.608. The summed E-state index contributed by atoms with van der Waals surface area (Å²) in [5, 5.41) is 0. The molecular formula is C5H17N3. The molecule has 0 aromatic carbocycles. The second kappa shape index (κ2) is 15.8. The molecule has 5 N–H and O–H groups in total.